The molecule has 0 spiro atoms. The van der Waals surface area contributed by atoms with Gasteiger partial charge >= 0.3 is 0 Å². The summed E-state index contributed by atoms with van der Waals surface area (Å²) < 4.78 is 26.6. The van der Waals surface area contributed by atoms with Crippen molar-refractivity contribution >= 4 is 26.5 Å². The van der Waals surface area contributed by atoms with Gasteiger partial charge in [0.1, 0.15) is 0 Å². The molecule has 0 unspecified atom stereocenters. The minimum atomic E-state index is -3.72. The first-order valence-electron chi connectivity index (χ1n) is 5.13. The highest BCUT2D eigenvalue weighted by molar-refractivity contribution is 7.92. The summed E-state index contributed by atoms with van der Waals surface area (Å²) in [4.78, 5) is 5.09. The van der Waals surface area contributed by atoms with E-state index in [1.165, 1.54) is 17.5 Å². The molecule has 0 saturated carbocycles. The maximum absolute atomic E-state index is 12.1. The van der Waals surface area contributed by atoms with Crippen molar-refractivity contribution in [2.45, 2.75) is 25.4 Å². The molecule has 9 heteroatoms. The summed E-state index contributed by atoms with van der Waals surface area (Å²) in [5.74, 6) is 0. The molecule has 2 rings (SSSR count). The van der Waals surface area contributed by atoms with Crippen molar-refractivity contribution in [3.8, 4) is 0 Å². The molecule has 2 aromatic rings. The van der Waals surface area contributed by atoms with Crippen LogP contribution in [0.2, 0.25) is 0 Å². The summed E-state index contributed by atoms with van der Waals surface area (Å²) in [6.07, 6.45) is 1.40. The molecule has 0 bridgehead atoms. The lowest BCUT2D eigenvalue weighted by atomic mass is 10.4. The van der Waals surface area contributed by atoms with Crippen LogP contribution in [-0.2, 0) is 16.6 Å². The number of aromatic nitrogens is 3. The van der Waals surface area contributed by atoms with Crippen molar-refractivity contribution in [3.05, 3.63) is 22.3 Å². The predicted molar refractivity (Wildman–Crippen MR) is 68.9 cm³/mol. The van der Waals surface area contributed by atoms with Crippen LogP contribution in [0, 0.1) is 13.8 Å². The van der Waals surface area contributed by atoms with Gasteiger partial charge in [-0.05, 0) is 13.8 Å². The Balaban J connectivity index is 2.33. The number of hydrogen-bond donors (Lipinski definition) is 3. The predicted octanol–water partition coefficient (Wildman–Crippen LogP) is 0.743. The van der Waals surface area contributed by atoms with Gasteiger partial charge in [-0.15, -0.1) is 11.3 Å². The summed E-state index contributed by atoms with van der Waals surface area (Å²) in [5, 5.41) is 6.44. The Labute approximate surface area is 108 Å². The molecule has 0 saturated heterocycles. The lowest BCUT2D eigenvalue weighted by Crippen LogP contribution is -2.16. The molecule has 0 aliphatic carbocycles. The number of aromatic amines is 1. The number of nitrogens with two attached hydrogens (primary N) is 1. The van der Waals surface area contributed by atoms with E-state index in [1.807, 2.05) is 13.8 Å². The fourth-order valence-electron chi connectivity index (χ4n) is 1.36. The molecule has 0 atom stereocenters. The highest BCUT2D eigenvalue weighted by Gasteiger charge is 2.21. The number of anilines is 1. The summed E-state index contributed by atoms with van der Waals surface area (Å²) in [6.45, 7) is 3.81. The summed E-state index contributed by atoms with van der Waals surface area (Å²) >= 11 is 1.29. The molecular formula is C9H13N5O2S2. The number of H-pyrrole nitrogens is 1. The van der Waals surface area contributed by atoms with Crippen LogP contribution < -0.4 is 10.5 Å². The molecule has 98 valence electrons. The van der Waals surface area contributed by atoms with Gasteiger partial charge in [0, 0.05) is 17.0 Å². The number of hydrogen-bond acceptors (Lipinski definition) is 6. The number of rotatable bonds is 4. The number of nitrogens with zero attached hydrogens (tertiary/aromatic N) is 2. The van der Waals surface area contributed by atoms with Gasteiger partial charge in [-0.3, -0.25) is 9.82 Å². The van der Waals surface area contributed by atoms with Crippen molar-refractivity contribution in [1.82, 2.24) is 15.2 Å². The van der Waals surface area contributed by atoms with Crippen molar-refractivity contribution in [3.63, 3.8) is 0 Å². The molecule has 0 aliphatic rings. The number of aryl methyl sites for hydroxylation is 2. The van der Waals surface area contributed by atoms with Crippen LogP contribution in [0.3, 0.4) is 0 Å². The monoisotopic (exact) mass is 287 g/mol. The SMILES string of the molecule is Cc1nc(NS(=O)(=O)c2[nH]ncc2CN)sc1C. The zero-order valence-corrected chi connectivity index (χ0v) is 11.5. The summed E-state index contributed by atoms with van der Waals surface area (Å²) in [6, 6.07) is 0. The smallest absolute Gasteiger partial charge is 0.280 e. The minimum absolute atomic E-state index is 0.0180. The maximum atomic E-state index is 12.1. The van der Waals surface area contributed by atoms with Gasteiger partial charge in [-0.2, -0.15) is 13.5 Å². The molecule has 2 heterocycles. The fraction of sp³-hybridized carbons (Fsp3) is 0.333. The normalized spacial score (nSPS) is 11.7. The quantitative estimate of drug-likeness (QED) is 0.767. The van der Waals surface area contributed by atoms with Crippen LogP contribution in [0.25, 0.3) is 0 Å². The second-order valence-corrected chi connectivity index (χ2v) is 6.52. The van der Waals surface area contributed by atoms with Gasteiger partial charge in [0.05, 0.1) is 11.9 Å². The van der Waals surface area contributed by atoms with E-state index in [4.69, 9.17) is 5.73 Å². The lowest BCUT2D eigenvalue weighted by molar-refractivity contribution is 0.596. The third kappa shape index (κ3) is 2.37. The molecule has 18 heavy (non-hydrogen) atoms. The van der Waals surface area contributed by atoms with E-state index in [0.29, 0.717) is 10.7 Å². The number of thiazole rings is 1. The van der Waals surface area contributed by atoms with E-state index in [1.54, 1.807) is 0 Å². The van der Waals surface area contributed by atoms with Gasteiger partial charge < -0.3 is 5.73 Å². The Morgan fingerprint density at radius 1 is 1.50 bits per heavy atom. The summed E-state index contributed by atoms with van der Waals surface area (Å²) in [7, 11) is -3.72. The van der Waals surface area contributed by atoms with Crippen molar-refractivity contribution in [2.24, 2.45) is 5.73 Å². The molecule has 0 aromatic carbocycles. The van der Waals surface area contributed by atoms with Gasteiger partial charge in [-0.25, -0.2) is 4.98 Å². The zero-order valence-electron chi connectivity index (χ0n) is 9.89. The number of sulfonamides is 1. The Hall–Kier alpha value is -1.45. The highest BCUT2D eigenvalue weighted by atomic mass is 32.2. The van der Waals surface area contributed by atoms with Gasteiger partial charge in [0.25, 0.3) is 10.0 Å². The van der Waals surface area contributed by atoms with E-state index in [2.05, 4.69) is 19.9 Å². The Morgan fingerprint density at radius 2 is 2.22 bits per heavy atom. The zero-order chi connectivity index (χ0) is 13.3. The van der Waals surface area contributed by atoms with Gasteiger partial charge in [0.2, 0.25) is 0 Å². The first kappa shape index (κ1) is 13.0. The molecule has 4 N–H and O–H groups in total. The molecule has 2 aromatic heterocycles. The Morgan fingerprint density at radius 3 is 2.78 bits per heavy atom. The molecule has 7 nitrogen and oxygen atoms in total. The average molecular weight is 287 g/mol. The standard InChI is InChI=1S/C9H13N5O2S2/c1-5-6(2)17-9(12-5)14-18(15,16)8-7(3-10)4-11-13-8/h4H,3,10H2,1-2H3,(H,11,13)(H,12,14). The average Bonchev–Trinajstić information content (AvgIpc) is 2.86. The van der Waals surface area contributed by atoms with E-state index in [0.717, 1.165) is 10.6 Å². The third-order valence-corrected chi connectivity index (χ3v) is 4.89. The van der Waals surface area contributed by atoms with Crippen molar-refractivity contribution in [2.75, 3.05) is 4.72 Å². The summed E-state index contributed by atoms with van der Waals surface area (Å²) in [5.41, 5.74) is 6.69. The lowest BCUT2D eigenvalue weighted by Gasteiger charge is -2.04. The van der Waals surface area contributed by atoms with E-state index < -0.39 is 10.0 Å². The Kier molecular flexibility index (Phi) is 3.37. The van der Waals surface area contributed by atoms with Crippen LogP contribution in [0.1, 0.15) is 16.1 Å². The highest BCUT2D eigenvalue weighted by Crippen LogP contribution is 2.24. The molecule has 0 radical (unpaired) electrons. The first-order chi connectivity index (χ1) is 8.44. The van der Waals surface area contributed by atoms with Crippen LogP contribution in [-0.4, -0.2) is 23.6 Å². The number of nitrogens with one attached hydrogen (secondary N) is 2. The van der Waals surface area contributed by atoms with Crippen LogP contribution in [0.4, 0.5) is 5.13 Å². The topological polar surface area (TPSA) is 114 Å². The molecule has 0 amide bonds. The van der Waals surface area contributed by atoms with E-state index in [-0.39, 0.29) is 11.6 Å². The maximum Gasteiger partial charge on any atom is 0.280 e. The minimum Gasteiger partial charge on any atom is -0.326 e. The second-order valence-electron chi connectivity index (χ2n) is 3.69. The van der Waals surface area contributed by atoms with Crippen molar-refractivity contribution in [1.29, 1.82) is 0 Å². The van der Waals surface area contributed by atoms with Gasteiger partial charge in [0.15, 0.2) is 10.2 Å². The first-order valence-corrected chi connectivity index (χ1v) is 7.43. The second kappa shape index (κ2) is 4.67. The molecular weight excluding hydrogens is 274 g/mol. The van der Waals surface area contributed by atoms with E-state index in [9.17, 15) is 8.42 Å². The van der Waals surface area contributed by atoms with Crippen LogP contribution >= 0.6 is 11.3 Å². The van der Waals surface area contributed by atoms with E-state index >= 15 is 0 Å². The fourth-order valence-corrected chi connectivity index (χ4v) is 3.55. The van der Waals surface area contributed by atoms with Gasteiger partial charge in [-0.1, -0.05) is 0 Å². The largest absolute Gasteiger partial charge is 0.326 e. The molecule has 0 fully saturated rings. The third-order valence-electron chi connectivity index (χ3n) is 2.42. The van der Waals surface area contributed by atoms with Crippen LogP contribution in [0.15, 0.2) is 11.2 Å². The molecule has 0 aliphatic heterocycles. The Bertz CT molecular complexity index is 639. The van der Waals surface area contributed by atoms with Crippen LogP contribution in [0.5, 0.6) is 0 Å². The van der Waals surface area contributed by atoms with Crippen molar-refractivity contribution < 1.29 is 8.42 Å².